The Morgan fingerprint density at radius 1 is 0.800 bits per heavy atom. The molecule has 0 aromatic heterocycles. The maximum atomic E-state index is 8.87. The van der Waals surface area contributed by atoms with E-state index in [4.69, 9.17) is 5.11 Å². The van der Waals surface area contributed by atoms with Gasteiger partial charge in [0.25, 0.3) is 0 Å². The van der Waals surface area contributed by atoms with Gasteiger partial charge in [0, 0.05) is 6.04 Å². The Balaban J connectivity index is 3.59. The highest BCUT2D eigenvalue weighted by Crippen LogP contribution is 2.22. The van der Waals surface area contributed by atoms with Gasteiger partial charge in [0.1, 0.15) is 0 Å². The van der Waals surface area contributed by atoms with Crippen LogP contribution >= 0.6 is 0 Å². The van der Waals surface area contributed by atoms with Crippen LogP contribution in [0.4, 0.5) is 0 Å². The molecule has 0 bridgehead atoms. The van der Waals surface area contributed by atoms with E-state index in [9.17, 15) is 0 Å². The van der Waals surface area contributed by atoms with Crippen LogP contribution < -0.4 is 5.32 Å². The number of aliphatic hydroxyl groups is 1. The van der Waals surface area contributed by atoms with Gasteiger partial charge in [-0.15, -0.1) is 0 Å². The molecule has 150 valence electrons. The highest BCUT2D eigenvalue weighted by Gasteiger charge is 2.08. The van der Waals surface area contributed by atoms with Crippen LogP contribution in [-0.4, -0.2) is 24.3 Å². The summed E-state index contributed by atoms with van der Waals surface area (Å²) >= 11 is 0. The predicted molar refractivity (Wildman–Crippen MR) is 113 cm³/mol. The number of rotatable bonds is 16. The molecule has 2 heteroatoms. The average Bonchev–Trinajstić information content (AvgIpc) is 2.53. The first-order valence-corrected chi connectivity index (χ1v) is 10.8. The van der Waals surface area contributed by atoms with Crippen LogP contribution in [0.15, 0.2) is 11.6 Å². The van der Waals surface area contributed by atoms with Gasteiger partial charge < -0.3 is 10.4 Å². The molecule has 0 saturated carbocycles. The molecule has 0 aliphatic heterocycles. The molecule has 2 nitrogen and oxygen atoms in total. The average molecular weight is 354 g/mol. The standard InChI is InChI=1S/C23H47NO/c1-19(2)24-18-23(6)15-9-13-21(4)11-7-10-20(3)12-8-14-22(5)16-17-25/h16,19-21,23-25H,7-15,17-18H2,1-6H3/b22-16+/t20-,21+,23?/m1/s1. The highest BCUT2D eigenvalue weighted by molar-refractivity contribution is 4.97. The minimum atomic E-state index is 0.187. The van der Waals surface area contributed by atoms with Crippen LogP contribution in [0.5, 0.6) is 0 Å². The van der Waals surface area contributed by atoms with E-state index in [1.54, 1.807) is 0 Å². The summed E-state index contributed by atoms with van der Waals surface area (Å²) in [6.45, 7) is 15.1. The zero-order valence-electron chi connectivity index (χ0n) is 18.1. The minimum Gasteiger partial charge on any atom is -0.392 e. The zero-order valence-corrected chi connectivity index (χ0v) is 18.1. The third kappa shape index (κ3) is 16.9. The van der Waals surface area contributed by atoms with Gasteiger partial charge in [-0.25, -0.2) is 0 Å². The number of hydrogen-bond donors (Lipinski definition) is 2. The summed E-state index contributed by atoms with van der Waals surface area (Å²) in [4.78, 5) is 0. The zero-order chi connectivity index (χ0) is 19.1. The van der Waals surface area contributed by atoms with Gasteiger partial charge in [0.05, 0.1) is 6.61 Å². The van der Waals surface area contributed by atoms with E-state index in [0.717, 1.165) is 30.7 Å². The summed E-state index contributed by atoms with van der Waals surface area (Å²) in [6.07, 6.45) is 14.0. The van der Waals surface area contributed by atoms with E-state index >= 15 is 0 Å². The number of hydrogen-bond acceptors (Lipinski definition) is 2. The van der Waals surface area contributed by atoms with E-state index in [2.05, 4.69) is 46.9 Å². The van der Waals surface area contributed by atoms with Gasteiger partial charge in [-0.3, -0.25) is 0 Å². The smallest absolute Gasteiger partial charge is 0.0614 e. The van der Waals surface area contributed by atoms with Crippen molar-refractivity contribution in [2.75, 3.05) is 13.2 Å². The topological polar surface area (TPSA) is 32.3 Å². The second kappa shape index (κ2) is 15.9. The molecule has 25 heavy (non-hydrogen) atoms. The molecule has 0 heterocycles. The minimum absolute atomic E-state index is 0.187. The molecule has 3 atom stereocenters. The first kappa shape index (κ1) is 24.7. The Morgan fingerprint density at radius 2 is 1.28 bits per heavy atom. The quantitative estimate of drug-likeness (QED) is 0.317. The molecule has 1 unspecified atom stereocenters. The van der Waals surface area contributed by atoms with Gasteiger partial charge in [0.2, 0.25) is 0 Å². The lowest BCUT2D eigenvalue weighted by Crippen LogP contribution is -2.27. The van der Waals surface area contributed by atoms with E-state index in [1.165, 1.54) is 56.9 Å². The SMILES string of the molecule is C/C(=C\CO)CCC[C@H](C)CCC[C@H](C)CCCC(C)CNC(C)C. The molecular formula is C23H47NO. The van der Waals surface area contributed by atoms with Crippen LogP contribution in [0.2, 0.25) is 0 Å². The molecule has 0 fully saturated rings. The van der Waals surface area contributed by atoms with Crippen molar-refractivity contribution in [2.24, 2.45) is 17.8 Å². The fourth-order valence-corrected chi connectivity index (χ4v) is 3.44. The maximum Gasteiger partial charge on any atom is 0.0614 e. The molecule has 0 spiro atoms. The summed E-state index contributed by atoms with van der Waals surface area (Å²) in [5.41, 5.74) is 1.33. The monoisotopic (exact) mass is 353 g/mol. The van der Waals surface area contributed by atoms with Crippen molar-refractivity contribution in [3.8, 4) is 0 Å². The molecule has 0 saturated heterocycles. The fraction of sp³-hybridized carbons (Fsp3) is 0.913. The van der Waals surface area contributed by atoms with Crippen LogP contribution in [0.1, 0.15) is 99.3 Å². The van der Waals surface area contributed by atoms with Crippen molar-refractivity contribution >= 4 is 0 Å². The molecule has 0 aliphatic rings. The van der Waals surface area contributed by atoms with Crippen LogP contribution in [0.25, 0.3) is 0 Å². The van der Waals surface area contributed by atoms with E-state index in [1.807, 2.05) is 6.08 Å². The summed E-state index contributed by atoms with van der Waals surface area (Å²) in [6, 6.07) is 0.609. The predicted octanol–water partition coefficient (Wildman–Crippen LogP) is 6.34. The van der Waals surface area contributed by atoms with Gasteiger partial charge in [0.15, 0.2) is 0 Å². The molecule has 0 aromatic rings. The second-order valence-corrected chi connectivity index (χ2v) is 8.87. The van der Waals surface area contributed by atoms with Crippen LogP contribution in [-0.2, 0) is 0 Å². The van der Waals surface area contributed by atoms with Gasteiger partial charge in [-0.1, -0.05) is 84.8 Å². The van der Waals surface area contributed by atoms with Gasteiger partial charge in [-0.05, 0) is 50.5 Å². The lowest BCUT2D eigenvalue weighted by Gasteiger charge is -2.17. The van der Waals surface area contributed by atoms with Crippen LogP contribution in [0.3, 0.4) is 0 Å². The van der Waals surface area contributed by atoms with Crippen LogP contribution in [0, 0.1) is 17.8 Å². The van der Waals surface area contributed by atoms with Crippen molar-refractivity contribution < 1.29 is 5.11 Å². The second-order valence-electron chi connectivity index (χ2n) is 8.87. The Bertz CT molecular complexity index is 324. The van der Waals surface area contributed by atoms with Crippen molar-refractivity contribution in [3.63, 3.8) is 0 Å². The number of nitrogens with one attached hydrogen (secondary N) is 1. The summed E-state index contributed by atoms with van der Waals surface area (Å²) in [5.74, 6) is 2.53. The van der Waals surface area contributed by atoms with Gasteiger partial charge >= 0.3 is 0 Å². The van der Waals surface area contributed by atoms with E-state index < -0.39 is 0 Å². The first-order valence-electron chi connectivity index (χ1n) is 10.8. The number of allylic oxidation sites excluding steroid dienone is 1. The maximum absolute atomic E-state index is 8.87. The lowest BCUT2D eigenvalue weighted by atomic mass is 9.91. The van der Waals surface area contributed by atoms with Crippen molar-refractivity contribution in [1.82, 2.24) is 5.32 Å². The third-order valence-corrected chi connectivity index (χ3v) is 5.37. The molecular weight excluding hydrogens is 306 g/mol. The molecule has 2 N–H and O–H groups in total. The molecule has 0 amide bonds. The molecule has 0 aromatic carbocycles. The largest absolute Gasteiger partial charge is 0.392 e. The Hall–Kier alpha value is -0.340. The fourth-order valence-electron chi connectivity index (χ4n) is 3.44. The van der Waals surface area contributed by atoms with Crippen molar-refractivity contribution in [2.45, 2.75) is 105 Å². The number of aliphatic hydroxyl groups excluding tert-OH is 1. The Labute approximate surface area is 158 Å². The Kier molecular flexibility index (Phi) is 15.7. The first-order chi connectivity index (χ1) is 11.8. The van der Waals surface area contributed by atoms with E-state index in [-0.39, 0.29) is 6.61 Å². The van der Waals surface area contributed by atoms with Gasteiger partial charge in [-0.2, -0.15) is 0 Å². The third-order valence-electron chi connectivity index (χ3n) is 5.37. The van der Waals surface area contributed by atoms with E-state index in [0.29, 0.717) is 6.04 Å². The molecule has 0 rings (SSSR count). The highest BCUT2D eigenvalue weighted by atomic mass is 16.2. The summed E-state index contributed by atoms with van der Waals surface area (Å²) < 4.78 is 0. The summed E-state index contributed by atoms with van der Waals surface area (Å²) in [7, 11) is 0. The van der Waals surface area contributed by atoms with Crippen molar-refractivity contribution in [3.05, 3.63) is 11.6 Å². The van der Waals surface area contributed by atoms with Crippen molar-refractivity contribution in [1.29, 1.82) is 0 Å². The molecule has 0 radical (unpaired) electrons. The lowest BCUT2D eigenvalue weighted by molar-refractivity contribution is 0.341. The normalized spacial score (nSPS) is 16.2. The summed E-state index contributed by atoms with van der Waals surface area (Å²) in [5, 5.41) is 12.4. The Morgan fingerprint density at radius 3 is 1.76 bits per heavy atom. The molecule has 0 aliphatic carbocycles.